The fourth-order valence-electron chi connectivity index (χ4n) is 0.965. The third-order valence-electron chi connectivity index (χ3n) is 1.66. The lowest BCUT2D eigenvalue weighted by Crippen LogP contribution is -2.11. The van der Waals surface area contributed by atoms with Crippen molar-refractivity contribution < 1.29 is 19.4 Å². The van der Waals surface area contributed by atoms with E-state index >= 15 is 0 Å². The SMILES string of the molecule is CCOC(=O)c1cc(C(=O)O)cnc1N. The van der Waals surface area contributed by atoms with Crippen LogP contribution in [0.3, 0.4) is 0 Å². The van der Waals surface area contributed by atoms with Gasteiger partial charge in [0.2, 0.25) is 0 Å². The number of esters is 1. The summed E-state index contributed by atoms with van der Waals surface area (Å²) in [6.07, 6.45) is 1.08. The van der Waals surface area contributed by atoms with Gasteiger partial charge in [-0.1, -0.05) is 0 Å². The number of nitrogen functional groups attached to an aromatic ring is 1. The van der Waals surface area contributed by atoms with Crippen LogP contribution in [0.1, 0.15) is 27.6 Å². The minimum absolute atomic E-state index is 0.0308. The lowest BCUT2D eigenvalue weighted by molar-refractivity contribution is 0.0527. The summed E-state index contributed by atoms with van der Waals surface area (Å²) in [7, 11) is 0. The molecule has 80 valence electrons. The van der Waals surface area contributed by atoms with Crippen molar-refractivity contribution >= 4 is 17.8 Å². The molecule has 1 aromatic heterocycles. The summed E-state index contributed by atoms with van der Waals surface area (Å²) in [5.74, 6) is -1.89. The van der Waals surface area contributed by atoms with Crippen molar-refractivity contribution in [1.82, 2.24) is 4.98 Å². The number of aromatic carboxylic acids is 1. The van der Waals surface area contributed by atoms with Gasteiger partial charge in [-0.25, -0.2) is 14.6 Å². The number of nitrogens with zero attached hydrogens (tertiary/aromatic N) is 1. The molecule has 3 N–H and O–H groups in total. The van der Waals surface area contributed by atoms with Gasteiger partial charge >= 0.3 is 11.9 Å². The van der Waals surface area contributed by atoms with Crippen molar-refractivity contribution in [3.05, 3.63) is 23.4 Å². The normalized spacial score (nSPS) is 9.67. The zero-order valence-corrected chi connectivity index (χ0v) is 8.06. The van der Waals surface area contributed by atoms with E-state index in [1.807, 2.05) is 0 Å². The minimum atomic E-state index is -1.17. The van der Waals surface area contributed by atoms with Crippen LogP contribution in [0, 0.1) is 0 Å². The number of carbonyl (C=O) groups is 2. The highest BCUT2D eigenvalue weighted by Crippen LogP contribution is 2.12. The van der Waals surface area contributed by atoms with Crippen LogP contribution in [-0.4, -0.2) is 28.6 Å². The van der Waals surface area contributed by atoms with Crippen LogP contribution in [0.25, 0.3) is 0 Å². The fourth-order valence-corrected chi connectivity index (χ4v) is 0.965. The molecule has 0 aliphatic rings. The van der Waals surface area contributed by atoms with Gasteiger partial charge in [-0.15, -0.1) is 0 Å². The molecule has 0 fully saturated rings. The van der Waals surface area contributed by atoms with Crippen molar-refractivity contribution in [2.75, 3.05) is 12.3 Å². The Morgan fingerprint density at radius 1 is 1.60 bits per heavy atom. The number of hydrogen-bond donors (Lipinski definition) is 2. The average molecular weight is 210 g/mol. The number of hydrogen-bond acceptors (Lipinski definition) is 5. The van der Waals surface area contributed by atoms with E-state index in [-0.39, 0.29) is 23.6 Å². The Morgan fingerprint density at radius 3 is 2.80 bits per heavy atom. The largest absolute Gasteiger partial charge is 0.478 e. The van der Waals surface area contributed by atoms with Gasteiger partial charge < -0.3 is 15.6 Å². The molecule has 6 heteroatoms. The van der Waals surface area contributed by atoms with Gasteiger partial charge in [0.15, 0.2) is 0 Å². The van der Waals surface area contributed by atoms with E-state index in [0.29, 0.717) is 0 Å². The number of pyridine rings is 1. The Bertz CT molecular complexity index is 403. The Labute approximate surface area is 85.7 Å². The predicted octanol–water partition coefficient (Wildman–Crippen LogP) is 0.539. The first-order valence-corrected chi connectivity index (χ1v) is 4.22. The highest BCUT2D eigenvalue weighted by atomic mass is 16.5. The topological polar surface area (TPSA) is 103 Å². The van der Waals surface area contributed by atoms with Gasteiger partial charge in [-0.3, -0.25) is 0 Å². The molecule has 0 aromatic carbocycles. The van der Waals surface area contributed by atoms with E-state index in [1.165, 1.54) is 0 Å². The molecule has 1 aromatic rings. The highest BCUT2D eigenvalue weighted by molar-refractivity contribution is 5.97. The van der Waals surface area contributed by atoms with Gasteiger partial charge in [0.05, 0.1) is 12.2 Å². The van der Waals surface area contributed by atoms with Crippen molar-refractivity contribution in [3.63, 3.8) is 0 Å². The summed E-state index contributed by atoms with van der Waals surface area (Å²) in [4.78, 5) is 25.5. The van der Waals surface area contributed by atoms with Gasteiger partial charge in [-0.05, 0) is 13.0 Å². The summed E-state index contributed by atoms with van der Waals surface area (Å²) in [6.45, 7) is 1.83. The first kappa shape index (κ1) is 11.0. The molecule has 15 heavy (non-hydrogen) atoms. The van der Waals surface area contributed by atoms with E-state index in [4.69, 9.17) is 15.6 Å². The van der Waals surface area contributed by atoms with E-state index in [0.717, 1.165) is 12.3 Å². The molecule has 0 aliphatic heterocycles. The maximum atomic E-state index is 11.3. The maximum Gasteiger partial charge on any atom is 0.341 e. The second-order valence-corrected chi connectivity index (χ2v) is 2.68. The highest BCUT2D eigenvalue weighted by Gasteiger charge is 2.15. The number of aromatic nitrogens is 1. The van der Waals surface area contributed by atoms with Crippen molar-refractivity contribution in [2.24, 2.45) is 0 Å². The predicted molar refractivity (Wildman–Crippen MR) is 51.6 cm³/mol. The van der Waals surface area contributed by atoms with E-state index in [1.54, 1.807) is 6.92 Å². The summed E-state index contributed by atoms with van der Waals surface area (Å²) in [5.41, 5.74) is 5.28. The quantitative estimate of drug-likeness (QED) is 0.706. The molecule has 1 rings (SSSR count). The molecule has 1 heterocycles. The second-order valence-electron chi connectivity index (χ2n) is 2.68. The van der Waals surface area contributed by atoms with E-state index in [2.05, 4.69) is 4.98 Å². The van der Waals surface area contributed by atoms with Gasteiger partial charge in [-0.2, -0.15) is 0 Å². The molecular formula is C9H10N2O4. The number of ether oxygens (including phenoxy) is 1. The zero-order chi connectivity index (χ0) is 11.4. The third-order valence-corrected chi connectivity index (χ3v) is 1.66. The summed E-state index contributed by atoms with van der Waals surface area (Å²) >= 11 is 0. The van der Waals surface area contributed by atoms with Crippen LogP contribution >= 0.6 is 0 Å². The summed E-state index contributed by atoms with van der Waals surface area (Å²) in [6, 6.07) is 1.14. The molecule has 0 atom stereocenters. The number of carboxylic acid groups (broad SMARTS) is 1. The maximum absolute atomic E-state index is 11.3. The second kappa shape index (κ2) is 4.41. The monoisotopic (exact) mass is 210 g/mol. The van der Waals surface area contributed by atoms with Crippen molar-refractivity contribution in [2.45, 2.75) is 6.92 Å². The number of carbonyl (C=O) groups excluding carboxylic acids is 1. The molecule has 0 aliphatic carbocycles. The smallest absolute Gasteiger partial charge is 0.341 e. The molecule has 0 radical (unpaired) electrons. The summed E-state index contributed by atoms with van der Waals surface area (Å²) in [5, 5.41) is 8.68. The minimum Gasteiger partial charge on any atom is -0.478 e. The lowest BCUT2D eigenvalue weighted by Gasteiger charge is -2.04. The Morgan fingerprint density at radius 2 is 2.27 bits per heavy atom. The van der Waals surface area contributed by atoms with Gasteiger partial charge in [0.1, 0.15) is 11.4 Å². The van der Waals surface area contributed by atoms with Crippen LogP contribution in [0.5, 0.6) is 0 Å². The molecule has 0 spiro atoms. The Hall–Kier alpha value is -2.11. The molecule has 0 bridgehead atoms. The Kier molecular flexibility index (Phi) is 3.22. The van der Waals surface area contributed by atoms with E-state index in [9.17, 15) is 9.59 Å². The van der Waals surface area contributed by atoms with Crippen molar-refractivity contribution in [1.29, 1.82) is 0 Å². The van der Waals surface area contributed by atoms with Gasteiger partial charge in [0.25, 0.3) is 0 Å². The number of carboxylic acids is 1. The molecule has 0 saturated heterocycles. The fraction of sp³-hybridized carbons (Fsp3) is 0.222. The first-order chi connectivity index (χ1) is 7.06. The molecule has 0 unspecified atom stereocenters. The standard InChI is InChI=1S/C9H10N2O4/c1-2-15-9(14)6-3-5(8(12)13)4-11-7(6)10/h3-4H,2H2,1H3,(H2,10,11)(H,12,13). The third kappa shape index (κ3) is 2.43. The summed E-state index contributed by atoms with van der Waals surface area (Å²) < 4.78 is 4.69. The average Bonchev–Trinajstić information content (AvgIpc) is 2.18. The van der Waals surface area contributed by atoms with Crippen LogP contribution in [0.2, 0.25) is 0 Å². The van der Waals surface area contributed by atoms with E-state index < -0.39 is 11.9 Å². The molecule has 0 saturated carbocycles. The van der Waals surface area contributed by atoms with Crippen LogP contribution in [0.15, 0.2) is 12.3 Å². The van der Waals surface area contributed by atoms with Gasteiger partial charge in [0, 0.05) is 6.20 Å². The number of rotatable bonds is 3. The molecule has 0 amide bonds. The lowest BCUT2D eigenvalue weighted by atomic mass is 10.2. The van der Waals surface area contributed by atoms with Crippen LogP contribution in [-0.2, 0) is 4.74 Å². The molecule has 6 nitrogen and oxygen atoms in total. The Balaban J connectivity index is 3.10. The molecular weight excluding hydrogens is 200 g/mol. The van der Waals surface area contributed by atoms with Crippen LogP contribution in [0.4, 0.5) is 5.82 Å². The number of nitrogens with two attached hydrogens (primary N) is 1. The van der Waals surface area contributed by atoms with Crippen molar-refractivity contribution in [3.8, 4) is 0 Å². The number of anilines is 1. The first-order valence-electron chi connectivity index (χ1n) is 4.22. The zero-order valence-electron chi connectivity index (χ0n) is 8.06. The van der Waals surface area contributed by atoms with Crippen LogP contribution < -0.4 is 5.73 Å².